The molecule has 0 radical (unpaired) electrons. The summed E-state index contributed by atoms with van der Waals surface area (Å²) in [7, 11) is 0. The summed E-state index contributed by atoms with van der Waals surface area (Å²) in [4.78, 5) is 21.5. The monoisotopic (exact) mass is 433 g/mol. The van der Waals surface area contributed by atoms with Crippen molar-refractivity contribution in [2.45, 2.75) is 0 Å². The molecule has 0 bridgehead atoms. The number of nitrogens with zero attached hydrogens (tertiary/aromatic N) is 3. The average Bonchev–Trinajstić information content (AvgIpc) is 3.41. The van der Waals surface area contributed by atoms with Crippen molar-refractivity contribution in [3.63, 3.8) is 0 Å². The fourth-order valence-corrected chi connectivity index (χ4v) is 4.77. The number of ether oxygens (including phenoxy) is 1. The maximum absolute atomic E-state index is 12.7. The molecule has 1 aromatic carbocycles. The van der Waals surface area contributed by atoms with Crippen LogP contribution in [0.2, 0.25) is 5.02 Å². The molecule has 8 heteroatoms. The molecular weight excluding hydrogens is 414 g/mol. The Morgan fingerprint density at radius 2 is 1.96 bits per heavy atom. The average molecular weight is 434 g/mol. The number of amides is 1. The number of carbonyl (C=O) groups excluding carboxylic acids is 1. The topological polar surface area (TPSA) is 45.7 Å². The lowest BCUT2D eigenvalue weighted by Crippen LogP contribution is -2.49. The zero-order valence-corrected chi connectivity index (χ0v) is 17.6. The first-order valence-corrected chi connectivity index (χ1v) is 11.3. The standard InChI is InChI=1S/C20H20ClN3O2S2/c21-16-3-1-2-4-18(16)26-11-10-23-6-8-24(9-7-23)20(25)17-14-28-19(22-17)15-5-12-27-13-15/h1-5,12-14H,6-11H2. The minimum absolute atomic E-state index is 0.0182. The Morgan fingerprint density at radius 1 is 1.14 bits per heavy atom. The Hall–Kier alpha value is -1.93. The largest absolute Gasteiger partial charge is 0.491 e. The molecule has 1 saturated heterocycles. The normalized spacial score (nSPS) is 15.0. The van der Waals surface area contributed by atoms with Crippen molar-refractivity contribution in [1.29, 1.82) is 0 Å². The van der Waals surface area contributed by atoms with Gasteiger partial charge in [-0.25, -0.2) is 4.98 Å². The summed E-state index contributed by atoms with van der Waals surface area (Å²) in [6.07, 6.45) is 0. The van der Waals surface area contributed by atoms with Crippen molar-refractivity contribution in [1.82, 2.24) is 14.8 Å². The van der Waals surface area contributed by atoms with Gasteiger partial charge in [0.2, 0.25) is 0 Å². The highest BCUT2D eigenvalue weighted by atomic mass is 35.5. The molecule has 0 atom stereocenters. The summed E-state index contributed by atoms with van der Waals surface area (Å²) >= 11 is 9.26. The number of benzene rings is 1. The number of halogens is 1. The van der Waals surface area contributed by atoms with Crippen LogP contribution in [-0.2, 0) is 0 Å². The molecule has 1 amide bonds. The summed E-state index contributed by atoms with van der Waals surface area (Å²) in [6, 6.07) is 9.52. The zero-order chi connectivity index (χ0) is 19.3. The van der Waals surface area contributed by atoms with E-state index in [4.69, 9.17) is 16.3 Å². The maximum Gasteiger partial charge on any atom is 0.273 e. The maximum atomic E-state index is 12.7. The first-order chi connectivity index (χ1) is 13.7. The van der Waals surface area contributed by atoms with Crippen molar-refractivity contribution in [3.8, 4) is 16.3 Å². The molecule has 2 aromatic heterocycles. The lowest BCUT2D eigenvalue weighted by atomic mass is 10.3. The van der Waals surface area contributed by atoms with Gasteiger partial charge in [-0.1, -0.05) is 23.7 Å². The summed E-state index contributed by atoms with van der Waals surface area (Å²) in [5.74, 6) is 0.729. The fourth-order valence-electron chi connectivity index (χ4n) is 3.07. The van der Waals surface area contributed by atoms with Gasteiger partial charge in [-0.2, -0.15) is 11.3 Å². The van der Waals surface area contributed by atoms with Gasteiger partial charge in [-0.15, -0.1) is 11.3 Å². The highest BCUT2D eigenvalue weighted by Crippen LogP contribution is 2.26. The Labute approximate surface area is 177 Å². The summed E-state index contributed by atoms with van der Waals surface area (Å²) in [5, 5.41) is 7.46. The van der Waals surface area contributed by atoms with Gasteiger partial charge < -0.3 is 9.64 Å². The molecule has 0 N–H and O–H groups in total. The van der Waals surface area contributed by atoms with Crippen LogP contribution < -0.4 is 4.74 Å². The summed E-state index contributed by atoms with van der Waals surface area (Å²) < 4.78 is 5.76. The molecule has 0 unspecified atom stereocenters. The molecule has 5 nitrogen and oxygen atoms in total. The number of thiophene rings is 1. The van der Waals surface area contributed by atoms with Gasteiger partial charge in [-0.05, 0) is 23.6 Å². The van der Waals surface area contributed by atoms with E-state index in [1.54, 1.807) is 11.3 Å². The van der Waals surface area contributed by atoms with E-state index in [2.05, 4.69) is 15.3 Å². The molecule has 146 valence electrons. The van der Waals surface area contributed by atoms with E-state index >= 15 is 0 Å². The third-order valence-electron chi connectivity index (χ3n) is 4.65. The second-order valence-corrected chi connectivity index (χ2v) is 8.51. The van der Waals surface area contributed by atoms with E-state index in [0.717, 1.165) is 30.2 Å². The van der Waals surface area contributed by atoms with Crippen LogP contribution in [0.5, 0.6) is 5.75 Å². The number of rotatable bonds is 6. The number of piperazine rings is 1. The highest BCUT2D eigenvalue weighted by molar-refractivity contribution is 7.14. The molecule has 0 saturated carbocycles. The fraction of sp³-hybridized carbons (Fsp3) is 0.300. The molecule has 0 aliphatic carbocycles. The number of carbonyl (C=O) groups is 1. The van der Waals surface area contributed by atoms with Crippen molar-refractivity contribution in [3.05, 3.63) is 57.2 Å². The van der Waals surface area contributed by atoms with Crippen molar-refractivity contribution in [2.75, 3.05) is 39.3 Å². The Balaban J connectivity index is 1.25. The van der Waals surface area contributed by atoms with E-state index in [0.29, 0.717) is 36.2 Å². The minimum atomic E-state index is 0.0182. The number of para-hydroxylation sites is 1. The van der Waals surface area contributed by atoms with E-state index < -0.39 is 0 Å². The molecule has 3 heterocycles. The van der Waals surface area contributed by atoms with Gasteiger partial charge in [0.25, 0.3) is 5.91 Å². The van der Waals surface area contributed by atoms with E-state index in [9.17, 15) is 4.79 Å². The van der Waals surface area contributed by atoms with Gasteiger partial charge in [0.1, 0.15) is 23.1 Å². The number of hydrogen-bond donors (Lipinski definition) is 0. The van der Waals surface area contributed by atoms with E-state index in [1.165, 1.54) is 11.3 Å². The summed E-state index contributed by atoms with van der Waals surface area (Å²) in [6.45, 7) is 4.46. The van der Waals surface area contributed by atoms with Crippen LogP contribution in [0.25, 0.3) is 10.6 Å². The zero-order valence-electron chi connectivity index (χ0n) is 15.2. The summed E-state index contributed by atoms with van der Waals surface area (Å²) in [5.41, 5.74) is 1.62. The van der Waals surface area contributed by atoms with Crippen LogP contribution in [0.15, 0.2) is 46.5 Å². The predicted molar refractivity (Wildman–Crippen MR) is 115 cm³/mol. The Bertz CT molecular complexity index is 921. The number of hydrogen-bond acceptors (Lipinski definition) is 6. The first kappa shape index (κ1) is 19.4. The van der Waals surface area contributed by atoms with Crippen LogP contribution in [-0.4, -0.2) is 60.0 Å². The van der Waals surface area contributed by atoms with Crippen LogP contribution in [0.1, 0.15) is 10.5 Å². The van der Waals surface area contributed by atoms with Gasteiger partial charge in [0.05, 0.1) is 5.02 Å². The highest BCUT2D eigenvalue weighted by Gasteiger charge is 2.24. The third kappa shape index (κ3) is 4.55. The van der Waals surface area contributed by atoms with Crippen molar-refractivity contribution >= 4 is 40.2 Å². The second kappa shape index (κ2) is 9.05. The second-order valence-electron chi connectivity index (χ2n) is 6.46. The quantitative estimate of drug-likeness (QED) is 0.579. The SMILES string of the molecule is O=C(c1csc(-c2ccsc2)n1)N1CCN(CCOc2ccccc2Cl)CC1. The molecule has 3 aromatic rings. The smallest absolute Gasteiger partial charge is 0.273 e. The van der Waals surface area contributed by atoms with E-state index in [-0.39, 0.29) is 5.91 Å². The van der Waals surface area contributed by atoms with Crippen LogP contribution >= 0.6 is 34.3 Å². The van der Waals surface area contributed by atoms with Gasteiger partial charge in [0.15, 0.2) is 0 Å². The minimum Gasteiger partial charge on any atom is -0.491 e. The Kier molecular flexibility index (Phi) is 6.26. The number of aromatic nitrogens is 1. The molecule has 4 rings (SSSR count). The van der Waals surface area contributed by atoms with Crippen LogP contribution in [0, 0.1) is 0 Å². The lowest BCUT2D eigenvalue weighted by molar-refractivity contribution is 0.0615. The molecule has 1 aliphatic heterocycles. The first-order valence-electron chi connectivity index (χ1n) is 9.08. The molecule has 1 fully saturated rings. The molecule has 28 heavy (non-hydrogen) atoms. The van der Waals surface area contributed by atoms with Crippen LogP contribution in [0.4, 0.5) is 0 Å². The van der Waals surface area contributed by atoms with Crippen molar-refractivity contribution in [2.24, 2.45) is 0 Å². The Morgan fingerprint density at radius 3 is 2.71 bits per heavy atom. The van der Waals surface area contributed by atoms with Crippen molar-refractivity contribution < 1.29 is 9.53 Å². The lowest BCUT2D eigenvalue weighted by Gasteiger charge is -2.34. The predicted octanol–water partition coefficient (Wildman–Crippen LogP) is 4.36. The van der Waals surface area contributed by atoms with Gasteiger partial charge >= 0.3 is 0 Å². The molecule has 1 aliphatic rings. The van der Waals surface area contributed by atoms with Gasteiger partial charge in [-0.3, -0.25) is 9.69 Å². The molecular formula is C20H20ClN3O2S2. The molecule has 0 spiro atoms. The van der Waals surface area contributed by atoms with Crippen LogP contribution in [0.3, 0.4) is 0 Å². The van der Waals surface area contributed by atoms with E-state index in [1.807, 2.05) is 46.0 Å². The third-order valence-corrected chi connectivity index (χ3v) is 6.54. The van der Waals surface area contributed by atoms with Gasteiger partial charge in [0, 0.05) is 49.0 Å². The number of thiazole rings is 1.